The fourth-order valence-corrected chi connectivity index (χ4v) is 2.27. The topological polar surface area (TPSA) is 57.8 Å². The number of aromatic nitrogens is 2. The van der Waals surface area contributed by atoms with E-state index in [0.29, 0.717) is 12.1 Å². The maximum Gasteiger partial charge on any atom is 0.251 e. The molecule has 0 unspecified atom stereocenters. The van der Waals surface area contributed by atoms with Crippen LogP contribution in [0.25, 0.3) is 11.0 Å². The van der Waals surface area contributed by atoms with Gasteiger partial charge in [-0.1, -0.05) is 30.3 Å². The molecule has 0 atom stereocenters. The van der Waals surface area contributed by atoms with Crippen LogP contribution in [0.1, 0.15) is 22.6 Å². The molecule has 4 heteroatoms. The number of nitrogens with one attached hydrogen (secondary N) is 2. The smallest absolute Gasteiger partial charge is 0.251 e. The van der Waals surface area contributed by atoms with E-state index in [-0.39, 0.29) is 5.91 Å². The molecule has 1 heterocycles. The number of rotatable bonds is 5. The van der Waals surface area contributed by atoms with Gasteiger partial charge in [-0.2, -0.15) is 0 Å². The van der Waals surface area contributed by atoms with Gasteiger partial charge in [0.1, 0.15) is 5.82 Å². The summed E-state index contributed by atoms with van der Waals surface area (Å²) in [6.45, 7) is 0.644. The van der Waals surface area contributed by atoms with E-state index in [1.807, 2.05) is 54.6 Å². The van der Waals surface area contributed by atoms with Crippen LogP contribution in [0.3, 0.4) is 0 Å². The predicted octanol–water partition coefficient (Wildman–Crippen LogP) is 2.93. The highest BCUT2D eigenvalue weighted by molar-refractivity contribution is 5.94. The number of carbonyl (C=O) groups excluding carboxylic acids is 1. The SMILES string of the molecule is O=C(NCCCc1nc2ccccc2[nH]1)c1ccccc1. The molecule has 106 valence electrons. The van der Waals surface area contributed by atoms with Crippen molar-refractivity contribution in [3.63, 3.8) is 0 Å². The highest BCUT2D eigenvalue weighted by Gasteiger charge is 2.04. The summed E-state index contributed by atoms with van der Waals surface area (Å²) in [5.74, 6) is 0.936. The molecule has 2 N–H and O–H groups in total. The van der Waals surface area contributed by atoms with Crippen LogP contribution in [0.15, 0.2) is 54.6 Å². The standard InChI is InChI=1S/C17H17N3O/c21-17(13-7-2-1-3-8-13)18-12-6-11-16-19-14-9-4-5-10-15(14)20-16/h1-5,7-10H,6,11-12H2,(H,18,21)(H,19,20). The van der Waals surface area contributed by atoms with Gasteiger partial charge in [-0.15, -0.1) is 0 Å². The number of H-pyrrole nitrogens is 1. The van der Waals surface area contributed by atoms with Crippen molar-refractivity contribution in [1.82, 2.24) is 15.3 Å². The molecule has 0 bridgehead atoms. The predicted molar refractivity (Wildman–Crippen MR) is 83.2 cm³/mol. The van der Waals surface area contributed by atoms with Gasteiger partial charge in [0, 0.05) is 18.5 Å². The normalized spacial score (nSPS) is 10.7. The number of imidazole rings is 1. The Hall–Kier alpha value is -2.62. The maximum atomic E-state index is 11.9. The number of benzene rings is 2. The average molecular weight is 279 g/mol. The van der Waals surface area contributed by atoms with Crippen molar-refractivity contribution >= 4 is 16.9 Å². The minimum Gasteiger partial charge on any atom is -0.352 e. The quantitative estimate of drug-likeness (QED) is 0.705. The molecule has 0 aliphatic heterocycles. The lowest BCUT2D eigenvalue weighted by Crippen LogP contribution is -2.24. The monoisotopic (exact) mass is 279 g/mol. The average Bonchev–Trinajstić information content (AvgIpc) is 2.95. The van der Waals surface area contributed by atoms with Gasteiger partial charge < -0.3 is 10.3 Å². The van der Waals surface area contributed by atoms with Crippen LogP contribution in [-0.2, 0) is 6.42 Å². The highest BCUT2D eigenvalue weighted by Crippen LogP contribution is 2.11. The molecule has 1 amide bonds. The summed E-state index contributed by atoms with van der Waals surface area (Å²) in [7, 11) is 0. The number of aromatic amines is 1. The molecular weight excluding hydrogens is 262 g/mol. The minimum atomic E-state index is -0.0276. The van der Waals surface area contributed by atoms with Gasteiger partial charge >= 0.3 is 0 Å². The number of amides is 1. The van der Waals surface area contributed by atoms with Crippen molar-refractivity contribution in [2.75, 3.05) is 6.54 Å². The molecule has 0 aliphatic rings. The lowest BCUT2D eigenvalue weighted by atomic mass is 10.2. The summed E-state index contributed by atoms with van der Waals surface area (Å²) in [4.78, 5) is 19.7. The summed E-state index contributed by atoms with van der Waals surface area (Å²) in [5, 5.41) is 2.92. The summed E-state index contributed by atoms with van der Waals surface area (Å²) in [6.07, 6.45) is 1.68. The zero-order valence-electron chi connectivity index (χ0n) is 11.7. The fourth-order valence-electron chi connectivity index (χ4n) is 2.27. The summed E-state index contributed by atoms with van der Waals surface area (Å²) in [5.41, 5.74) is 2.74. The third-order valence-electron chi connectivity index (χ3n) is 3.35. The van der Waals surface area contributed by atoms with Crippen molar-refractivity contribution < 1.29 is 4.79 Å². The Morgan fingerprint density at radius 1 is 1.05 bits per heavy atom. The molecular formula is C17H17N3O. The largest absolute Gasteiger partial charge is 0.352 e. The second-order valence-corrected chi connectivity index (χ2v) is 4.93. The third-order valence-corrected chi connectivity index (χ3v) is 3.35. The molecule has 0 aliphatic carbocycles. The zero-order chi connectivity index (χ0) is 14.5. The molecule has 0 saturated carbocycles. The first-order valence-corrected chi connectivity index (χ1v) is 7.10. The Morgan fingerprint density at radius 3 is 2.62 bits per heavy atom. The number of hydrogen-bond acceptors (Lipinski definition) is 2. The first-order valence-electron chi connectivity index (χ1n) is 7.10. The molecule has 4 nitrogen and oxygen atoms in total. The van der Waals surface area contributed by atoms with E-state index in [4.69, 9.17) is 0 Å². The lowest BCUT2D eigenvalue weighted by Gasteiger charge is -2.04. The second kappa shape index (κ2) is 6.22. The van der Waals surface area contributed by atoms with Gasteiger partial charge in [0.05, 0.1) is 11.0 Å². The molecule has 21 heavy (non-hydrogen) atoms. The van der Waals surface area contributed by atoms with E-state index in [9.17, 15) is 4.79 Å². The van der Waals surface area contributed by atoms with Gasteiger partial charge in [0.25, 0.3) is 5.91 Å². The molecule has 3 rings (SSSR count). The van der Waals surface area contributed by atoms with Crippen molar-refractivity contribution in [3.8, 4) is 0 Å². The summed E-state index contributed by atoms with van der Waals surface area (Å²) >= 11 is 0. The van der Waals surface area contributed by atoms with Crippen LogP contribution in [0, 0.1) is 0 Å². The Bertz CT molecular complexity index is 701. The zero-order valence-corrected chi connectivity index (χ0v) is 11.7. The lowest BCUT2D eigenvalue weighted by molar-refractivity contribution is 0.0953. The maximum absolute atomic E-state index is 11.9. The highest BCUT2D eigenvalue weighted by atomic mass is 16.1. The van der Waals surface area contributed by atoms with E-state index < -0.39 is 0 Å². The molecule has 0 radical (unpaired) electrons. The third kappa shape index (κ3) is 3.28. The number of carbonyl (C=O) groups is 1. The first kappa shape index (κ1) is 13.4. The van der Waals surface area contributed by atoms with Crippen molar-refractivity contribution in [2.24, 2.45) is 0 Å². The number of hydrogen-bond donors (Lipinski definition) is 2. The number of fused-ring (bicyclic) bond motifs is 1. The van der Waals surface area contributed by atoms with Crippen molar-refractivity contribution in [3.05, 3.63) is 66.0 Å². The van der Waals surface area contributed by atoms with Gasteiger partial charge in [-0.05, 0) is 30.7 Å². The van der Waals surface area contributed by atoms with Crippen LogP contribution >= 0.6 is 0 Å². The molecule has 2 aromatic carbocycles. The Morgan fingerprint density at radius 2 is 1.81 bits per heavy atom. The van der Waals surface area contributed by atoms with E-state index in [1.165, 1.54) is 0 Å². The number of nitrogens with zero attached hydrogens (tertiary/aromatic N) is 1. The summed E-state index contributed by atoms with van der Waals surface area (Å²) in [6, 6.07) is 17.2. The minimum absolute atomic E-state index is 0.0276. The van der Waals surface area contributed by atoms with Crippen LogP contribution < -0.4 is 5.32 Å². The van der Waals surface area contributed by atoms with Crippen molar-refractivity contribution in [2.45, 2.75) is 12.8 Å². The fraction of sp³-hybridized carbons (Fsp3) is 0.176. The molecule has 0 spiro atoms. The first-order chi connectivity index (χ1) is 10.3. The molecule has 0 fully saturated rings. The second-order valence-electron chi connectivity index (χ2n) is 4.93. The molecule has 3 aromatic rings. The van der Waals surface area contributed by atoms with Gasteiger partial charge in [0.2, 0.25) is 0 Å². The van der Waals surface area contributed by atoms with Gasteiger partial charge in [-0.3, -0.25) is 4.79 Å². The van der Waals surface area contributed by atoms with Gasteiger partial charge in [0.15, 0.2) is 0 Å². The van der Waals surface area contributed by atoms with Crippen LogP contribution in [0.4, 0.5) is 0 Å². The van der Waals surface area contributed by atoms with Gasteiger partial charge in [-0.25, -0.2) is 4.98 Å². The molecule has 0 saturated heterocycles. The van der Waals surface area contributed by atoms with Crippen LogP contribution in [0.2, 0.25) is 0 Å². The number of aryl methyl sites for hydroxylation is 1. The summed E-state index contributed by atoms with van der Waals surface area (Å²) < 4.78 is 0. The Kier molecular flexibility index (Phi) is 3.96. The van der Waals surface area contributed by atoms with E-state index >= 15 is 0 Å². The van der Waals surface area contributed by atoms with E-state index in [0.717, 1.165) is 29.7 Å². The van der Waals surface area contributed by atoms with Crippen LogP contribution in [0.5, 0.6) is 0 Å². The van der Waals surface area contributed by atoms with E-state index in [2.05, 4.69) is 15.3 Å². The van der Waals surface area contributed by atoms with E-state index in [1.54, 1.807) is 0 Å². The molecule has 1 aromatic heterocycles. The number of para-hydroxylation sites is 2. The Labute approximate surface area is 123 Å². The Balaban J connectivity index is 1.49. The van der Waals surface area contributed by atoms with Crippen molar-refractivity contribution in [1.29, 1.82) is 0 Å². The van der Waals surface area contributed by atoms with Crippen LogP contribution in [-0.4, -0.2) is 22.4 Å².